The number of thiophene rings is 1. The van der Waals surface area contributed by atoms with Crippen LogP contribution in [0.2, 0.25) is 0 Å². The van der Waals surface area contributed by atoms with Crippen LogP contribution in [-0.2, 0) is 20.8 Å². The number of piperidine rings is 1. The van der Waals surface area contributed by atoms with Crippen molar-refractivity contribution in [3.63, 3.8) is 0 Å². The number of carbonyl (C=O) groups excluding carboxylic acids is 1. The lowest BCUT2D eigenvalue weighted by atomic mass is 10.0. The molecule has 4 rings (SSSR count). The highest BCUT2D eigenvalue weighted by Gasteiger charge is 2.40. The molecule has 2 aliphatic rings. The highest BCUT2D eigenvalue weighted by molar-refractivity contribution is 7.71. The number of aromatic amines is 1. The maximum absolute atomic E-state index is 12.7. The minimum Gasteiger partial charge on any atom is -0.347 e. The molecule has 0 aliphatic carbocycles. The van der Waals surface area contributed by atoms with Gasteiger partial charge in [0.1, 0.15) is 6.54 Å². The summed E-state index contributed by atoms with van der Waals surface area (Å²) in [5, 5.41) is 9.02. The van der Waals surface area contributed by atoms with Crippen molar-refractivity contribution in [2.24, 2.45) is 0 Å². The third-order valence-corrected chi connectivity index (χ3v) is 5.66. The minimum absolute atomic E-state index is 0.0400. The lowest BCUT2D eigenvalue weighted by Gasteiger charge is -2.37. The first-order chi connectivity index (χ1) is 11.7. The second kappa shape index (κ2) is 6.40. The number of rotatable bonds is 3. The van der Waals surface area contributed by atoms with Gasteiger partial charge in [-0.25, -0.2) is 0 Å². The highest BCUT2D eigenvalue weighted by Crippen LogP contribution is 2.31. The van der Waals surface area contributed by atoms with Gasteiger partial charge in [0.2, 0.25) is 5.91 Å². The van der Waals surface area contributed by atoms with Crippen molar-refractivity contribution in [1.29, 1.82) is 0 Å². The Bertz CT molecular complexity index is 767. The third-order valence-electron chi connectivity index (χ3n) is 4.48. The quantitative estimate of drug-likeness (QED) is 0.842. The molecule has 2 fully saturated rings. The number of nitrogens with one attached hydrogen (secondary N) is 1. The normalized spacial score (nSPS) is 19.9. The average molecular weight is 366 g/mol. The molecule has 0 unspecified atom stereocenters. The number of H-pyrrole nitrogens is 1. The number of likely N-dealkylation sites (tertiary alicyclic amines) is 1. The fraction of sp³-hybridized carbons (Fsp3) is 0.533. The Kier molecular flexibility index (Phi) is 4.25. The molecule has 0 aromatic carbocycles. The molecule has 0 saturated carbocycles. The lowest BCUT2D eigenvalue weighted by molar-refractivity contribution is -0.187. The molecule has 1 spiro atoms. The van der Waals surface area contributed by atoms with Gasteiger partial charge in [-0.15, -0.1) is 11.3 Å². The second-order valence-electron chi connectivity index (χ2n) is 5.90. The molecule has 1 N–H and O–H groups in total. The summed E-state index contributed by atoms with van der Waals surface area (Å²) in [5.41, 5.74) is 0. The van der Waals surface area contributed by atoms with Crippen molar-refractivity contribution in [2.75, 3.05) is 26.3 Å². The van der Waals surface area contributed by atoms with E-state index in [1.165, 1.54) is 0 Å². The molecule has 2 aromatic rings. The first kappa shape index (κ1) is 15.9. The molecule has 1 amide bonds. The zero-order valence-corrected chi connectivity index (χ0v) is 14.7. The Hall–Kier alpha value is -1.55. The zero-order valence-electron chi connectivity index (χ0n) is 13.1. The van der Waals surface area contributed by atoms with Gasteiger partial charge in [0.05, 0.1) is 18.1 Å². The molecule has 2 aromatic heterocycles. The third kappa shape index (κ3) is 2.92. The summed E-state index contributed by atoms with van der Waals surface area (Å²) in [4.78, 5) is 15.5. The summed E-state index contributed by atoms with van der Waals surface area (Å²) in [6.07, 6.45) is 1.43. The number of nitrogens with zero attached hydrogens (tertiary/aromatic N) is 3. The van der Waals surface area contributed by atoms with Crippen LogP contribution >= 0.6 is 23.6 Å². The van der Waals surface area contributed by atoms with Gasteiger partial charge in [-0.3, -0.25) is 14.5 Å². The van der Waals surface area contributed by atoms with Crippen molar-refractivity contribution in [3.05, 3.63) is 22.3 Å². The van der Waals surface area contributed by atoms with Gasteiger partial charge in [-0.1, -0.05) is 6.07 Å². The van der Waals surface area contributed by atoms with Gasteiger partial charge in [0.15, 0.2) is 16.4 Å². The summed E-state index contributed by atoms with van der Waals surface area (Å²) < 4.78 is 13.6. The number of carbonyl (C=O) groups is 1. The van der Waals surface area contributed by atoms with E-state index in [9.17, 15) is 4.79 Å². The zero-order chi connectivity index (χ0) is 16.6. The molecule has 24 heavy (non-hydrogen) atoms. The average Bonchev–Trinajstić information content (AvgIpc) is 3.32. The van der Waals surface area contributed by atoms with Gasteiger partial charge >= 0.3 is 0 Å². The van der Waals surface area contributed by atoms with Crippen LogP contribution in [0.1, 0.15) is 12.8 Å². The van der Waals surface area contributed by atoms with E-state index >= 15 is 0 Å². The Morgan fingerprint density at radius 1 is 1.38 bits per heavy atom. The van der Waals surface area contributed by atoms with Crippen LogP contribution < -0.4 is 0 Å². The van der Waals surface area contributed by atoms with Gasteiger partial charge in [-0.05, 0) is 23.7 Å². The van der Waals surface area contributed by atoms with Crippen molar-refractivity contribution in [3.8, 4) is 10.7 Å². The molecular weight excluding hydrogens is 348 g/mol. The first-order valence-corrected chi connectivity index (χ1v) is 9.20. The maximum Gasteiger partial charge on any atom is 0.242 e. The smallest absolute Gasteiger partial charge is 0.242 e. The van der Waals surface area contributed by atoms with E-state index in [0.29, 0.717) is 49.7 Å². The summed E-state index contributed by atoms with van der Waals surface area (Å²) in [7, 11) is 0. The molecule has 2 saturated heterocycles. The predicted octanol–water partition coefficient (Wildman–Crippen LogP) is 2.03. The number of hydrogen-bond donors (Lipinski definition) is 1. The van der Waals surface area contributed by atoms with E-state index in [2.05, 4.69) is 10.2 Å². The van der Waals surface area contributed by atoms with Gasteiger partial charge in [0.25, 0.3) is 0 Å². The first-order valence-electron chi connectivity index (χ1n) is 7.92. The standard InChI is InChI=1S/C15H18N4O3S2/c20-12(18-5-3-15(4-6-18)21-7-8-22-15)10-19-13(16-17-14(19)23)11-2-1-9-24-11/h1-2,9H,3-8,10H2,(H,17,23). The van der Waals surface area contributed by atoms with Crippen LogP contribution in [0.5, 0.6) is 0 Å². The largest absolute Gasteiger partial charge is 0.347 e. The number of ether oxygens (including phenoxy) is 2. The molecule has 2 aliphatic heterocycles. The van der Waals surface area contributed by atoms with Crippen LogP contribution in [-0.4, -0.2) is 57.7 Å². The van der Waals surface area contributed by atoms with Gasteiger partial charge in [0, 0.05) is 25.9 Å². The molecular formula is C15H18N4O3S2. The van der Waals surface area contributed by atoms with E-state index in [0.717, 1.165) is 4.88 Å². The molecule has 0 bridgehead atoms. The topological polar surface area (TPSA) is 72.4 Å². The fourth-order valence-corrected chi connectivity index (χ4v) is 4.09. The number of amides is 1. The van der Waals surface area contributed by atoms with Crippen LogP contribution in [0.3, 0.4) is 0 Å². The minimum atomic E-state index is -0.467. The molecule has 0 atom stereocenters. The van der Waals surface area contributed by atoms with E-state index in [4.69, 9.17) is 21.7 Å². The molecule has 0 radical (unpaired) electrons. The lowest BCUT2D eigenvalue weighted by Crippen LogP contribution is -2.48. The van der Waals surface area contributed by atoms with Gasteiger partial charge in [-0.2, -0.15) is 5.10 Å². The Balaban J connectivity index is 1.46. The van der Waals surface area contributed by atoms with Crippen LogP contribution in [0.4, 0.5) is 0 Å². The summed E-state index contributed by atoms with van der Waals surface area (Å²) in [5.74, 6) is 0.280. The van der Waals surface area contributed by atoms with Crippen molar-refractivity contribution >= 4 is 29.5 Å². The number of aromatic nitrogens is 3. The van der Waals surface area contributed by atoms with Crippen molar-refractivity contribution < 1.29 is 14.3 Å². The van der Waals surface area contributed by atoms with E-state index in [1.807, 2.05) is 22.4 Å². The van der Waals surface area contributed by atoms with E-state index < -0.39 is 5.79 Å². The Labute approximate surface area is 148 Å². The van der Waals surface area contributed by atoms with E-state index in [1.54, 1.807) is 15.9 Å². The molecule has 128 valence electrons. The monoisotopic (exact) mass is 366 g/mol. The molecule has 4 heterocycles. The fourth-order valence-electron chi connectivity index (χ4n) is 3.18. The molecule has 7 nitrogen and oxygen atoms in total. The summed E-state index contributed by atoms with van der Waals surface area (Å²) in [6.45, 7) is 2.75. The van der Waals surface area contributed by atoms with Crippen LogP contribution in [0, 0.1) is 4.77 Å². The van der Waals surface area contributed by atoms with Gasteiger partial charge < -0.3 is 14.4 Å². The maximum atomic E-state index is 12.7. The SMILES string of the molecule is O=C(Cn1c(-c2cccs2)n[nH]c1=S)N1CCC2(CC1)OCCO2. The van der Waals surface area contributed by atoms with Crippen molar-refractivity contribution in [2.45, 2.75) is 25.2 Å². The Morgan fingerprint density at radius 2 is 2.12 bits per heavy atom. The highest BCUT2D eigenvalue weighted by atomic mass is 32.1. The molecule has 9 heteroatoms. The predicted molar refractivity (Wildman–Crippen MR) is 91.2 cm³/mol. The summed E-state index contributed by atoms with van der Waals surface area (Å²) >= 11 is 6.86. The Morgan fingerprint density at radius 3 is 2.79 bits per heavy atom. The second-order valence-corrected chi connectivity index (χ2v) is 7.24. The van der Waals surface area contributed by atoms with E-state index in [-0.39, 0.29) is 12.5 Å². The van der Waals surface area contributed by atoms with Crippen LogP contribution in [0.15, 0.2) is 17.5 Å². The van der Waals surface area contributed by atoms with Crippen molar-refractivity contribution in [1.82, 2.24) is 19.7 Å². The van der Waals surface area contributed by atoms with Crippen LogP contribution in [0.25, 0.3) is 10.7 Å². The number of hydrogen-bond acceptors (Lipinski definition) is 6. The summed E-state index contributed by atoms with van der Waals surface area (Å²) in [6, 6.07) is 3.92.